The largest absolute Gasteiger partial charge is 0.383 e. The van der Waals surface area contributed by atoms with Gasteiger partial charge in [0.2, 0.25) is 0 Å². The molecule has 2 aromatic carbocycles. The van der Waals surface area contributed by atoms with Gasteiger partial charge < -0.3 is 10.6 Å². The Bertz CT molecular complexity index is 675. The molecular weight excluding hydrogens is 290 g/mol. The number of rotatable bonds is 7. The van der Waals surface area contributed by atoms with Crippen LogP contribution in [0, 0.1) is 30.9 Å². The van der Waals surface area contributed by atoms with Crippen molar-refractivity contribution in [2.75, 3.05) is 18.4 Å². The second-order valence-corrected chi connectivity index (χ2v) is 5.76. The third-order valence-electron chi connectivity index (χ3n) is 3.78. The molecule has 122 valence electrons. The molecular formula is C18H23N3O2. The van der Waals surface area contributed by atoms with Gasteiger partial charge in [-0.1, -0.05) is 35.9 Å². The highest BCUT2D eigenvalue weighted by atomic mass is 16.6. The van der Waals surface area contributed by atoms with Crippen molar-refractivity contribution in [2.24, 2.45) is 0 Å². The van der Waals surface area contributed by atoms with Gasteiger partial charge in [-0.15, -0.1) is 0 Å². The summed E-state index contributed by atoms with van der Waals surface area (Å²) in [4.78, 5) is 10.6. The summed E-state index contributed by atoms with van der Waals surface area (Å²) in [6.07, 6.45) is 0. The molecule has 2 aromatic rings. The standard InChI is InChI=1S/C18H23N3O2/c1-13-10-14(2)18(15(3)11-13)20-9-8-19-12-16-6-4-5-7-17(16)21(22)23/h4-7,10-11,19-20H,8-9,12H2,1-3H3. The van der Waals surface area contributed by atoms with E-state index in [1.165, 1.54) is 28.4 Å². The summed E-state index contributed by atoms with van der Waals surface area (Å²) in [5.74, 6) is 0. The van der Waals surface area contributed by atoms with Gasteiger partial charge in [-0.25, -0.2) is 0 Å². The number of aryl methyl sites for hydroxylation is 3. The van der Waals surface area contributed by atoms with Crippen LogP contribution in [0.3, 0.4) is 0 Å². The Morgan fingerprint density at radius 1 is 1.04 bits per heavy atom. The van der Waals surface area contributed by atoms with E-state index in [1.807, 2.05) is 6.07 Å². The third kappa shape index (κ3) is 4.53. The second kappa shape index (κ2) is 7.74. The minimum absolute atomic E-state index is 0.165. The molecule has 0 fully saturated rings. The molecule has 0 aromatic heterocycles. The minimum atomic E-state index is -0.339. The topological polar surface area (TPSA) is 67.2 Å². The zero-order chi connectivity index (χ0) is 16.8. The Morgan fingerprint density at radius 3 is 2.35 bits per heavy atom. The fraction of sp³-hybridized carbons (Fsp3) is 0.333. The van der Waals surface area contributed by atoms with E-state index in [0.717, 1.165) is 13.1 Å². The van der Waals surface area contributed by atoms with Gasteiger partial charge in [0.1, 0.15) is 0 Å². The molecule has 0 saturated heterocycles. The van der Waals surface area contributed by atoms with Crippen LogP contribution < -0.4 is 10.6 Å². The van der Waals surface area contributed by atoms with Crippen LogP contribution in [0.5, 0.6) is 0 Å². The van der Waals surface area contributed by atoms with Gasteiger partial charge in [0.15, 0.2) is 0 Å². The van der Waals surface area contributed by atoms with Crippen LogP contribution in [0.2, 0.25) is 0 Å². The van der Waals surface area contributed by atoms with Gasteiger partial charge in [0.05, 0.1) is 4.92 Å². The molecule has 0 radical (unpaired) electrons. The number of nitrogens with one attached hydrogen (secondary N) is 2. The van der Waals surface area contributed by atoms with E-state index in [4.69, 9.17) is 0 Å². The van der Waals surface area contributed by atoms with E-state index in [1.54, 1.807) is 12.1 Å². The number of hydrogen-bond acceptors (Lipinski definition) is 4. The normalized spacial score (nSPS) is 10.6. The summed E-state index contributed by atoms with van der Waals surface area (Å²) in [5.41, 5.74) is 5.78. The van der Waals surface area contributed by atoms with Crippen molar-refractivity contribution in [3.05, 3.63) is 68.8 Å². The molecule has 0 aliphatic carbocycles. The predicted octanol–water partition coefficient (Wildman–Crippen LogP) is 3.72. The van der Waals surface area contributed by atoms with E-state index in [9.17, 15) is 10.1 Å². The van der Waals surface area contributed by atoms with Crippen molar-refractivity contribution >= 4 is 11.4 Å². The van der Waals surface area contributed by atoms with Crippen LogP contribution >= 0.6 is 0 Å². The van der Waals surface area contributed by atoms with Gasteiger partial charge in [0.25, 0.3) is 5.69 Å². The Morgan fingerprint density at radius 2 is 1.70 bits per heavy atom. The number of anilines is 1. The Kier molecular flexibility index (Phi) is 5.71. The van der Waals surface area contributed by atoms with Crippen molar-refractivity contribution in [2.45, 2.75) is 27.3 Å². The van der Waals surface area contributed by atoms with Gasteiger partial charge in [-0.05, 0) is 31.9 Å². The molecule has 0 atom stereocenters. The maximum Gasteiger partial charge on any atom is 0.273 e. The van der Waals surface area contributed by atoms with Crippen molar-refractivity contribution in [3.63, 3.8) is 0 Å². The highest BCUT2D eigenvalue weighted by molar-refractivity contribution is 5.58. The first-order valence-electron chi connectivity index (χ1n) is 7.74. The average molecular weight is 313 g/mol. The first kappa shape index (κ1) is 17.0. The zero-order valence-corrected chi connectivity index (χ0v) is 13.8. The van der Waals surface area contributed by atoms with Gasteiger partial charge in [-0.3, -0.25) is 10.1 Å². The summed E-state index contributed by atoms with van der Waals surface area (Å²) in [6, 6.07) is 11.2. The maximum atomic E-state index is 11.0. The molecule has 0 aliphatic heterocycles. The monoisotopic (exact) mass is 313 g/mol. The molecule has 2 N–H and O–H groups in total. The van der Waals surface area contributed by atoms with Crippen molar-refractivity contribution in [1.29, 1.82) is 0 Å². The smallest absolute Gasteiger partial charge is 0.273 e. The molecule has 0 bridgehead atoms. The quantitative estimate of drug-likeness (QED) is 0.464. The molecule has 0 unspecified atom stereocenters. The van der Waals surface area contributed by atoms with Crippen LogP contribution in [0.1, 0.15) is 22.3 Å². The highest BCUT2D eigenvalue weighted by Crippen LogP contribution is 2.21. The van der Waals surface area contributed by atoms with E-state index < -0.39 is 0 Å². The number of nitro groups is 1. The van der Waals surface area contributed by atoms with Crippen LogP contribution in [0.4, 0.5) is 11.4 Å². The molecule has 0 aliphatic rings. The lowest BCUT2D eigenvalue weighted by Crippen LogP contribution is -2.22. The lowest BCUT2D eigenvalue weighted by Gasteiger charge is -2.14. The second-order valence-electron chi connectivity index (χ2n) is 5.76. The summed E-state index contributed by atoms with van der Waals surface area (Å²) < 4.78 is 0. The minimum Gasteiger partial charge on any atom is -0.383 e. The number of nitrogens with zero attached hydrogens (tertiary/aromatic N) is 1. The summed E-state index contributed by atoms with van der Waals surface area (Å²) >= 11 is 0. The van der Waals surface area contributed by atoms with Crippen LogP contribution in [-0.4, -0.2) is 18.0 Å². The number of hydrogen-bond donors (Lipinski definition) is 2. The highest BCUT2D eigenvalue weighted by Gasteiger charge is 2.11. The maximum absolute atomic E-state index is 11.0. The number of nitro benzene ring substituents is 1. The Balaban J connectivity index is 1.84. The molecule has 0 amide bonds. The molecule has 2 rings (SSSR count). The number of benzene rings is 2. The first-order chi connectivity index (χ1) is 11.0. The third-order valence-corrected chi connectivity index (χ3v) is 3.78. The fourth-order valence-corrected chi connectivity index (χ4v) is 2.80. The van der Waals surface area contributed by atoms with E-state index in [-0.39, 0.29) is 10.6 Å². The molecule has 0 spiro atoms. The zero-order valence-electron chi connectivity index (χ0n) is 13.8. The summed E-state index contributed by atoms with van der Waals surface area (Å²) in [5, 5.41) is 17.6. The van der Waals surface area contributed by atoms with E-state index in [2.05, 4.69) is 43.5 Å². The molecule has 0 heterocycles. The Labute approximate surface area is 136 Å². The summed E-state index contributed by atoms with van der Waals surface area (Å²) in [6.45, 7) is 8.29. The Hall–Kier alpha value is -2.40. The van der Waals surface area contributed by atoms with E-state index in [0.29, 0.717) is 12.1 Å². The average Bonchev–Trinajstić information content (AvgIpc) is 2.49. The lowest BCUT2D eigenvalue weighted by atomic mass is 10.1. The van der Waals surface area contributed by atoms with Gasteiger partial charge >= 0.3 is 0 Å². The van der Waals surface area contributed by atoms with Crippen LogP contribution in [0.25, 0.3) is 0 Å². The van der Waals surface area contributed by atoms with Gasteiger partial charge in [-0.2, -0.15) is 0 Å². The van der Waals surface area contributed by atoms with Crippen molar-refractivity contribution in [3.8, 4) is 0 Å². The van der Waals surface area contributed by atoms with Crippen molar-refractivity contribution in [1.82, 2.24) is 5.32 Å². The van der Waals surface area contributed by atoms with Gasteiger partial charge in [0, 0.05) is 37.0 Å². The predicted molar refractivity (Wildman–Crippen MR) is 93.9 cm³/mol. The molecule has 0 saturated carbocycles. The SMILES string of the molecule is Cc1cc(C)c(NCCNCc2ccccc2[N+](=O)[O-])c(C)c1. The molecule has 5 nitrogen and oxygen atoms in total. The summed E-state index contributed by atoms with van der Waals surface area (Å²) in [7, 11) is 0. The number of para-hydroxylation sites is 1. The fourth-order valence-electron chi connectivity index (χ4n) is 2.80. The van der Waals surface area contributed by atoms with E-state index >= 15 is 0 Å². The first-order valence-corrected chi connectivity index (χ1v) is 7.74. The van der Waals surface area contributed by atoms with Crippen LogP contribution in [0.15, 0.2) is 36.4 Å². The molecule has 5 heteroatoms. The van der Waals surface area contributed by atoms with Crippen LogP contribution in [-0.2, 0) is 6.54 Å². The lowest BCUT2D eigenvalue weighted by molar-refractivity contribution is -0.385. The van der Waals surface area contributed by atoms with Crippen molar-refractivity contribution < 1.29 is 4.92 Å². The molecule has 23 heavy (non-hydrogen) atoms.